The summed E-state index contributed by atoms with van der Waals surface area (Å²) in [6, 6.07) is 7.21. The molecule has 1 aliphatic rings. The first kappa shape index (κ1) is 12.1. The number of carbonyl (C=O) groups is 1. The fourth-order valence-corrected chi connectivity index (χ4v) is 1.84. The average Bonchev–Trinajstić information content (AvgIpc) is 2.85. The summed E-state index contributed by atoms with van der Waals surface area (Å²) in [7, 11) is 0. The van der Waals surface area contributed by atoms with Gasteiger partial charge in [-0.05, 0) is 12.1 Å². The summed E-state index contributed by atoms with van der Waals surface area (Å²) in [6.07, 6.45) is 0. The number of H-pyrrole nitrogens is 1. The highest BCUT2D eigenvalue weighted by atomic mass is 16.7. The Morgan fingerprint density at radius 3 is 2.80 bits per heavy atom. The van der Waals surface area contributed by atoms with Crippen LogP contribution in [0.3, 0.4) is 0 Å². The van der Waals surface area contributed by atoms with Crippen molar-refractivity contribution in [3.63, 3.8) is 0 Å². The van der Waals surface area contributed by atoms with E-state index in [9.17, 15) is 14.7 Å². The summed E-state index contributed by atoms with van der Waals surface area (Å²) in [5, 5.41) is 11.9. The van der Waals surface area contributed by atoms with Gasteiger partial charge in [-0.25, -0.2) is 0 Å². The maximum absolute atomic E-state index is 12.0. The molecule has 2 aromatic rings. The zero-order valence-corrected chi connectivity index (χ0v) is 10.2. The fourth-order valence-electron chi connectivity index (χ4n) is 1.84. The van der Waals surface area contributed by atoms with Crippen LogP contribution in [0.15, 0.2) is 35.1 Å². The lowest BCUT2D eigenvalue weighted by Crippen LogP contribution is -2.15. The molecule has 0 unspecified atom stereocenters. The number of hydrogen-bond donors (Lipinski definition) is 3. The molecule has 3 N–H and O–H groups in total. The molecule has 1 aromatic heterocycles. The first-order chi connectivity index (χ1) is 9.61. The van der Waals surface area contributed by atoms with Gasteiger partial charge in [-0.15, -0.1) is 0 Å². The number of fused-ring (bicyclic) bond motifs is 1. The molecule has 1 amide bonds. The summed E-state index contributed by atoms with van der Waals surface area (Å²) >= 11 is 0. The molecule has 0 radical (unpaired) electrons. The zero-order valence-electron chi connectivity index (χ0n) is 10.2. The van der Waals surface area contributed by atoms with E-state index in [1.165, 1.54) is 6.07 Å². The highest BCUT2D eigenvalue weighted by Gasteiger charge is 2.15. The van der Waals surface area contributed by atoms with Crippen molar-refractivity contribution >= 4 is 11.6 Å². The lowest BCUT2D eigenvalue weighted by molar-refractivity contribution is 0.102. The summed E-state index contributed by atoms with van der Waals surface area (Å²) in [6.45, 7) is 0.147. The second-order valence-electron chi connectivity index (χ2n) is 4.14. The monoisotopic (exact) mass is 274 g/mol. The van der Waals surface area contributed by atoms with Crippen molar-refractivity contribution in [3.05, 3.63) is 46.2 Å². The number of nitrogens with one attached hydrogen (secondary N) is 2. The summed E-state index contributed by atoms with van der Waals surface area (Å²) < 4.78 is 10.4. The molecule has 102 valence electrons. The van der Waals surface area contributed by atoms with Crippen LogP contribution < -0.4 is 20.3 Å². The van der Waals surface area contributed by atoms with Crippen molar-refractivity contribution in [2.75, 3.05) is 12.1 Å². The molecule has 0 aliphatic carbocycles. The third-order valence-electron chi connectivity index (χ3n) is 2.72. The molecule has 0 spiro atoms. The number of amides is 1. The van der Waals surface area contributed by atoms with Gasteiger partial charge in [0.1, 0.15) is 0 Å². The summed E-state index contributed by atoms with van der Waals surface area (Å²) in [4.78, 5) is 25.3. The lowest BCUT2D eigenvalue weighted by Gasteiger charge is -2.06. The SMILES string of the molecule is O=C(Nc1ccc2c(c1)OCO2)c1cc(O)[nH]c(=O)c1. The number of anilines is 1. The Morgan fingerprint density at radius 1 is 1.20 bits per heavy atom. The number of rotatable bonds is 2. The van der Waals surface area contributed by atoms with Crippen LogP contribution in [0.25, 0.3) is 0 Å². The third kappa shape index (κ3) is 2.28. The van der Waals surface area contributed by atoms with Gasteiger partial charge < -0.3 is 19.9 Å². The van der Waals surface area contributed by atoms with E-state index in [0.29, 0.717) is 17.2 Å². The van der Waals surface area contributed by atoms with Crippen molar-refractivity contribution in [2.45, 2.75) is 0 Å². The van der Waals surface area contributed by atoms with Crippen LogP contribution >= 0.6 is 0 Å². The Bertz CT molecular complexity index is 738. The Hall–Kier alpha value is -2.96. The molecule has 0 atom stereocenters. The van der Waals surface area contributed by atoms with Gasteiger partial charge in [0.15, 0.2) is 17.4 Å². The van der Waals surface area contributed by atoms with Crippen LogP contribution in [-0.2, 0) is 0 Å². The molecule has 0 saturated heterocycles. The predicted octanol–water partition coefficient (Wildman–Crippen LogP) is 1.06. The van der Waals surface area contributed by atoms with Crippen LogP contribution in [-0.4, -0.2) is 22.8 Å². The van der Waals surface area contributed by atoms with Crippen molar-refractivity contribution in [1.29, 1.82) is 0 Å². The minimum Gasteiger partial charge on any atom is -0.494 e. The number of aromatic nitrogens is 1. The molecular formula is C13H10N2O5. The van der Waals surface area contributed by atoms with E-state index in [1.54, 1.807) is 18.2 Å². The van der Waals surface area contributed by atoms with E-state index in [2.05, 4.69) is 10.3 Å². The smallest absolute Gasteiger partial charge is 0.256 e. The van der Waals surface area contributed by atoms with Gasteiger partial charge in [0.05, 0.1) is 5.56 Å². The highest BCUT2D eigenvalue weighted by Crippen LogP contribution is 2.34. The summed E-state index contributed by atoms with van der Waals surface area (Å²) in [5.41, 5.74) is 0.00350. The number of ether oxygens (including phenoxy) is 2. The Morgan fingerprint density at radius 2 is 2.00 bits per heavy atom. The van der Waals surface area contributed by atoms with Crippen molar-refractivity contribution < 1.29 is 19.4 Å². The second kappa shape index (κ2) is 4.61. The number of aromatic amines is 1. The first-order valence-electron chi connectivity index (χ1n) is 5.76. The van der Waals surface area contributed by atoms with E-state index >= 15 is 0 Å². The average molecular weight is 274 g/mol. The largest absolute Gasteiger partial charge is 0.494 e. The number of aromatic hydroxyl groups is 1. The van der Waals surface area contributed by atoms with Crippen LogP contribution in [0.5, 0.6) is 17.4 Å². The van der Waals surface area contributed by atoms with Gasteiger partial charge in [0.25, 0.3) is 11.5 Å². The van der Waals surface area contributed by atoms with Gasteiger partial charge >= 0.3 is 0 Å². The highest BCUT2D eigenvalue weighted by molar-refractivity contribution is 6.04. The van der Waals surface area contributed by atoms with Crippen molar-refractivity contribution in [2.24, 2.45) is 0 Å². The van der Waals surface area contributed by atoms with E-state index in [0.717, 1.165) is 6.07 Å². The van der Waals surface area contributed by atoms with Crippen LogP contribution in [0.4, 0.5) is 5.69 Å². The number of hydrogen-bond acceptors (Lipinski definition) is 5. The maximum atomic E-state index is 12.0. The van der Waals surface area contributed by atoms with Gasteiger partial charge in [-0.1, -0.05) is 0 Å². The minimum absolute atomic E-state index is 0.0592. The molecule has 7 heteroatoms. The van der Waals surface area contributed by atoms with Gasteiger partial charge in [0.2, 0.25) is 6.79 Å². The fraction of sp³-hybridized carbons (Fsp3) is 0.0769. The Balaban J connectivity index is 1.83. The van der Waals surface area contributed by atoms with Gasteiger partial charge in [-0.2, -0.15) is 0 Å². The molecule has 3 rings (SSSR count). The summed E-state index contributed by atoms with van der Waals surface area (Å²) in [5.74, 6) is 0.270. The lowest BCUT2D eigenvalue weighted by atomic mass is 10.2. The normalized spacial score (nSPS) is 12.2. The zero-order chi connectivity index (χ0) is 14.1. The topological polar surface area (TPSA) is 101 Å². The Kier molecular flexibility index (Phi) is 2.79. The predicted molar refractivity (Wildman–Crippen MR) is 69.2 cm³/mol. The molecular weight excluding hydrogens is 264 g/mol. The Labute approximate surface area is 112 Å². The molecule has 0 saturated carbocycles. The third-order valence-corrected chi connectivity index (χ3v) is 2.72. The van der Waals surface area contributed by atoms with E-state index in [1.807, 2.05) is 0 Å². The van der Waals surface area contributed by atoms with Crippen LogP contribution in [0, 0.1) is 0 Å². The van der Waals surface area contributed by atoms with E-state index < -0.39 is 11.5 Å². The minimum atomic E-state index is -0.555. The molecule has 0 fully saturated rings. The molecule has 20 heavy (non-hydrogen) atoms. The van der Waals surface area contributed by atoms with Crippen LogP contribution in [0.1, 0.15) is 10.4 Å². The second-order valence-corrected chi connectivity index (χ2v) is 4.14. The quantitative estimate of drug-likeness (QED) is 0.760. The first-order valence-corrected chi connectivity index (χ1v) is 5.76. The molecule has 2 heterocycles. The standard InChI is InChI=1S/C13H10N2O5/c16-11-3-7(4-12(17)15-11)13(18)14-8-1-2-9-10(5-8)20-6-19-9/h1-5H,6H2,(H,14,18)(H2,15,16,17). The maximum Gasteiger partial charge on any atom is 0.256 e. The van der Waals surface area contributed by atoms with Gasteiger partial charge in [-0.3, -0.25) is 14.6 Å². The van der Waals surface area contributed by atoms with Crippen molar-refractivity contribution in [1.82, 2.24) is 4.98 Å². The van der Waals surface area contributed by atoms with E-state index in [-0.39, 0.29) is 18.2 Å². The number of benzene rings is 1. The molecule has 7 nitrogen and oxygen atoms in total. The van der Waals surface area contributed by atoms with E-state index in [4.69, 9.17) is 9.47 Å². The number of carbonyl (C=O) groups excluding carboxylic acids is 1. The molecule has 0 bridgehead atoms. The molecule has 1 aliphatic heterocycles. The van der Waals surface area contributed by atoms with Gasteiger partial charge in [0, 0.05) is 23.9 Å². The van der Waals surface area contributed by atoms with Crippen molar-refractivity contribution in [3.8, 4) is 17.4 Å². The number of pyridine rings is 1. The molecule has 1 aromatic carbocycles. The van der Waals surface area contributed by atoms with Crippen LogP contribution in [0.2, 0.25) is 0 Å².